The molecule has 3 rings (SSSR count). The summed E-state index contributed by atoms with van der Waals surface area (Å²) in [7, 11) is 0. The molecule has 6 heteroatoms. The molecule has 5 nitrogen and oxygen atoms in total. The zero-order chi connectivity index (χ0) is 12.5. The van der Waals surface area contributed by atoms with Crippen LogP contribution in [0.25, 0.3) is 0 Å². The molecule has 0 radical (unpaired) electrons. The lowest BCUT2D eigenvalue weighted by molar-refractivity contribution is -0.138. The number of piperidine rings is 1. The van der Waals surface area contributed by atoms with Crippen molar-refractivity contribution in [2.45, 2.75) is 50.6 Å². The molecule has 3 aliphatic rings. The van der Waals surface area contributed by atoms with Gasteiger partial charge in [-0.15, -0.1) is 12.4 Å². The topological polar surface area (TPSA) is 61.4 Å². The second-order valence-electron chi connectivity index (χ2n) is 5.64. The number of hydrogen-bond donors (Lipinski definition) is 2. The maximum absolute atomic E-state index is 12.5. The molecule has 0 spiro atoms. The van der Waals surface area contributed by atoms with E-state index in [9.17, 15) is 9.59 Å². The summed E-state index contributed by atoms with van der Waals surface area (Å²) in [4.78, 5) is 26.2. The number of imide groups is 1. The van der Waals surface area contributed by atoms with Crippen molar-refractivity contribution < 1.29 is 9.59 Å². The average molecular weight is 288 g/mol. The fourth-order valence-electron chi connectivity index (χ4n) is 3.52. The third kappa shape index (κ3) is 2.72. The number of fused-ring (bicyclic) bond motifs is 1. The van der Waals surface area contributed by atoms with Crippen molar-refractivity contribution in [2.24, 2.45) is 5.92 Å². The third-order valence-electron chi connectivity index (χ3n) is 4.52. The van der Waals surface area contributed by atoms with Crippen LogP contribution in [0.15, 0.2) is 0 Å². The van der Waals surface area contributed by atoms with E-state index >= 15 is 0 Å². The van der Waals surface area contributed by atoms with Crippen LogP contribution in [-0.2, 0) is 4.79 Å². The van der Waals surface area contributed by atoms with E-state index in [0.29, 0.717) is 0 Å². The zero-order valence-electron chi connectivity index (χ0n) is 11.1. The monoisotopic (exact) mass is 287 g/mol. The number of carbonyl (C=O) groups is 2. The lowest BCUT2D eigenvalue weighted by Gasteiger charge is -2.43. The third-order valence-corrected chi connectivity index (χ3v) is 4.52. The van der Waals surface area contributed by atoms with E-state index in [2.05, 4.69) is 10.6 Å². The minimum Gasteiger partial charge on any atom is -0.334 e. The van der Waals surface area contributed by atoms with E-state index in [0.717, 1.165) is 51.6 Å². The summed E-state index contributed by atoms with van der Waals surface area (Å²) in [6, 6.07) is 0.0355. The number of urea groups is 1. The van der Waals surface area contributed by atoms with Crippen molar-refractivity contribution in [2.75, 3.05) is 13.1 Å². The smallest absolute Gasteiger partial charge is 0.324 e. The van der Waals surface area contributed by atoms with Crippen LogP contribution in [0.3, 0.4) is 0 Å². The highest BCUT2D eigenvalue weighted by molar-refractivity contribution is 5.99. The quantitative estimate of drug-likeness (QED) is 0.763. The van der Waals surface area contributed by atoms with Crippen molar-refractivity contribution in [3.05, 3.63) is 0 Å². The Kier molecular flexibility index (Phi) is 4.68. The maximum atomic E-state index is 12.5. The van der Waals surface area contributed by atoms with Gasteiger partial charge in [-0.05, 0) is 38.8 Å². The SMILES string of the molecule is Cl.O=C1NC2CCCCC2C(=O)N1C1CCNCC1. The zero-order valence-corrected chi connectivity index (χ0v) is 11.9. The Labute approximate surface area is 119 Å². The van der Waals surface area contributed by atoms with E-state index in [1.54, 1.807) is 0 Å². The molecule has 1 saturated carbocycles. The Hall–Kier alpha value is -0.810. The van der Waals surface area contributed by atoms with Gasteiger partial charge in [0.05, 0.1) is 5.92 Å². The number of rotatable bonds is 1. The first-order valence-corrected chi connectivity index (χ1v) is 7.11. The summed E-state index contributed by atoms with van der Waals surface area (Å²) >= 11 is 0. The highest BCUT2D eigenvalue weighted by Gasteiger charge is 2.44. The lowest BCUT2D eigenvalue weighted by Crippen LogP contribution is -2.64. The summed E-state index contributed by atoms with van der Waals surface area (Å²) in [6.07, 6.45) is 5.91. The highest BCUT2D eigenvalue weighted by Crippen LogP contribution is 2.31. The van der Waals surface area contributed by atoms with E-state index in [-0.39, 0.29) is 42.3 Å². The predicted molar refractivity (Wildman–Crippen MR) is 74.3 cm³/mol. The largest absolute Gasteiger partial charge is 0.334 e. The van der Waals surface area contributed by atoms with Crippen molar-refractivity contribution in [1.29, 1.82) is 0 Å². The molecule has 2 N–H and O–H groups in total. The van der Waals surface area contributed by atoms with Crippen LogP contribution in [0.2, 0.25) is 0 Å². The molecule has 0 aromatic rings. The van der Waals surface area contributed by atoms with E-state index < -0.39 is 0 Å². The normalized spacial score (nSPS) is 32.3. The summed E-state index contributed by atoms with van der Waals surface area (Å²) < 4.78 is 0. The van der Waals surface area contributed by atoms with Gasteiger partial charge >= 0.3 is 6.03 Å². The fourth-order valence-corrected chi connectivity index (χ4v) is 3.52. The van der Waals surface area contributed by atoms with Gasteiger partial charge in [0.2, 0.25) is 5.91 Å². The number of halogens is 1. The van der Waals surface area contributed by atoms with E-state index in [4.69, 9.17) is 0 Å². The van der Waals surface area contributed by atoms with Crippen molar-refractivity contribution in [3.8, 4) is 0 Å². The fraction of sp³-hybridized carbons (Fsp3) is 0.846. The van der Waals surface area contributed by atoms with Crippen LogP contribution in [0.5, 0.6) is 0 Å². The van der Waals surface area contributed by atoms with Crippen LogP contribution in [0.1, 0.15) is 38.5 Å². The van der Waals surface area contributed by atoms with Crippen LogP contribution in [0, 0.1) is 5.92 Å². The Balaban J connectivity index is 0.00000133. The van der Waals surface area contributed by atoms with Gasteiger partial charge in [0, 0.05) is 12.1 Å². The molecule has 1 aliphatic carbocycles. The van der Waals surface area contributed by atoms with Gasteiger partial charge in [0.15, 0.2) is 0 Å². The van der Waals surface area contributed by atoms with Crippen LogP contribution in [0.4, 0.5) is 4.79 Å². The maximum Gasteiger partial charge on any atom is 0.324 e. The minimum absolute atomic E-state index is 0. The van der Waals surface area contributed by atoms with E-state index in [1.165, 1.54) is 4.90 Å². The molecule has 3 fully saturated rings. The predicted octanol–water partition coefficient (Wildman–Crippen LogP) is 1.27. The first-order chi connectivity index (χ1) is 8.77. The van der Waals surface area contributed by atoms with Crippen molar-refractivity contribution in [1.82, 2.24) is 15.5 Å². The van der Waals surface area contributed by atoms with Crippen LogP contribution < -0.4 is 10.6 Å². The molecular weight excluding hydrogens is 266 g/mol. The van der Waals surface area contributed by atoms with Crippen molar-refractivity contribution >= 4 is 24.3 Å². The number of nitrogens with zero attached hydrogens (tertiary/aromatic N) is 1. The highest BCUT2D eigenvalue weighted by atomic mass is 35.5. The summed E-state index contributed by atoms with van der Waals surface area (Å²) in [5, 5.41) is 6.31. The Morgan fingerprint density at radius 3 is 2.42 bits per heavy atom. The molecule has 0 aromatic heterocycles. The molecule has 2 saturated heterocycles. The molecule has 19 heavy (non-hydrogen) atoms. The van der Waals surface area contributed by atoms with Gasteiger partial charge in [0.1, 0.15) is 0 Å². The minimum atomic E-state index is -0.157. The second-order valence-corrected chi connectivity index (χ2v) is 5.64. The lowest BCUT2D eigenvalue weighted by atomic mass is 9.81. The molecule has 3 amide bonds. The summed E-state index contributed by atoms with van der Waals surface area (Å²) in [5.41, 5.74) is 0. The molecule has 2 heterocycles. The first-order valence-electron chi connectivity index (χ1n) is 7.11. The molecule has 0 aromatic carbocycles. The number of nitrogens with one attached hydrogen (secondary N) is 2. The molecular formula is C13H22ClN3O2. The van der Waals surface area contributed by atoms with Gasteiger partial charge in [-0.1, -0.05) is 12.8 Å². The van der Waals surface area contributed by atoms with Gasteiger partial charge < -0.3 is 10.6 Å². The Morgan fingerprint density at radius 1 is 1.00 bits per heavy atom. The standard InChI is InChI=1S/C13H21N3O2.ClH/c17-12-10-3-1-2-4-11(10)15-13(18)16(12)9-5-7-14-8-6-9;/h9-11,14H,1-8H2,(H,15,18);1H. The van der Waals surface area contributed by atoms with Gasteiger partial charge in [-0.2, -0.15) is 0 Å². The Bertz CT molecular complexity index is 358. The number of hydrogen-bond acceptors (Lipinski definition) is 3. The van der Waals surface area contributed by atoms with Crippen LogP contribution in [-0.4, -0.2) is 42.0 Å². The molecule has 2 unspecified atom stereocenters. The summed E-state index contributed by atoms with van der Waals surface area (Å²) in [5.74, 6) is 0.113. The van der Waals surface area contributed by atoms with Gasteiger partial charge in [0.25, 0.3) is 0 Å². The number of carbonyl (C=O) groups excluding carboxylic acids is 2. The Morgan fingerprint density at radius 2 is 1.68 bits per heavy atom. The molecule has 108 valence electrons. The second kappa shape index (κ2) is 6.09. The van der Waals surface area contributed by atoms with E-state index in [1.807, 2.05) is 0 Å². The summed E-state index contributed by atoms with van der Waals surface area (Å²) in [6.45, 7) is 1.80. The number of amides is 3. The van der Waals surface area contributed by atoms with Crippen LogP contribution >= 0.6 is 12.4 Å². The van der Waals surface area contributed by atoms with Gasteiger partial charge in [-0.3, -0.25) is 9.69 Å². The average Bonchev–Trinajstić information content (AvgIpc) is 2.40. The first kappa shape index (κ1) is 14.6. The molecule has 0 bridgehead atoms. The van der Waals surface area contributed by atoms with Crippen molar-refractivity contribution in [3.63, 3.8) is 0 Å². The molecule has 2 atom stereocenters. The molecule has 2 aliphatic heterocycles. The van der Waals surface area contributed by atoms with Gasteiger partial charge in [-0.25, -0.2) is 4.79 Å².